The van der Waals surface area contributed by atoms with Crippen LogP contribution in [0.25, 0.3) is 0 Å². The van der Waals surface area contributed by atoms with Crippen LogP contribution in [0, 0.1) is 0 Å². The third-order valence-electron chi connectivity index (χ3n) is 1.73. The fourth-order valence-electron chi connectivity index (χ4n) is 0.845. The van der Waals surface area contributed by atoms with E-state index in [1.54, 1.807) is 7.05 Å². The molecule has 1 aromatic rings. The molecule has 1 unspecified atom stereocenters. The van der Waals surface area contributed by atoms with E-state index in [9.17, 15) is 9.59 Å². The van der Waals surface area contributed by atoms with Gasteiger partial charge in [-0.15, -0.1) is 5.10 Å². The van der Waals surface area contributed by atoms with Gasteiger partial charge in [-0.2, -0.15) is 0 Å². The second-order valence-electron chi connectivity index (χ2n) is 2.81. The molecule has 1 atom stereocenters. The lowest BCUT2D eigenvalue weighted by molar-refractivity contribution is -0.141. The van der Waals surface area contributed by atoms with Crippen molar-refractivity contribution in [2.45, 2.75) is 11.2 Å². The Hall–Kier alpha value is -1.28. The summed E-state index contributed by atoms with van der Waals surface area (Å²) < 4.78 is 5.80. The van der Waals surface area contributed by atoms with Gasteiger partial charge in [0.15, 0.2) is 5.16 Å². The number of nitrogens with one attached hydrogen (secondary N) is 1. The summed E-state index contributed by atoms with van der Waals surface area (Å²) in [6, 6.07) is -0.716. The minimum Gasteiger partial charge on any atom is -0.468 e. The number of rotatable bonds is 4. The van der Waals surface area contributed by atoms with Gasteiger partial charge in [-0.05, 0) is 0 Å². The fourth-order valence-corrected chi connectivity index (χ4v) is 1.70. The largest absolute Gasteiger partial charge is 0.468 e. The first-order valence-corrected chi connectivity index (χ1v) is 5.12. The van der Waals surface area contributed by atoms with Crippen LogP contribution < -0.4 is 11.4 Å². The van der Waals surface area contributed by atoms with Gasteiger partial charge in [0.2, 0.25) is 0 Å². The van der Waals surface area contributed by atoms with Crippen molar-refractivity contribution in [3.8, 4) is 0 Å². The number of aromatic nitrogens is 3. The van der Waals surface area contributed by atoms with Crippen LogP contribution in [-0.4, -0.2) is 39.6 Å². The maximum absolute atomic E-state index is 11.0. The quantitative estimate of drug-likeness (QED) is 0.494. The van der Waals surface area contributed by atoms with Crippen LogP contribution in [0.5, 0.6) is 0 Å². The Kier molecular flexibility index (Phi) is 3.92. The van der Waals surface area contributed by atoms with Crippen molar-refractivity contribution in [2.24, 2.45) is 12.8 Å². The van der Waals surface area contributed by atoms with Crippen molar-refractivity contribution >= 4 is 17.7 Å². The van der Waals surface area contributed by atoms with Crippen LogP contribution in [0.3, 0.4) is 0 Å². The highest BCUT2D eigenvalue weighted by molar-refractivity contribution is 7.99. The van der Waals surface area contributed by atoms with Crippen LogP contribution in [0.4, 0.5) is 0 Å². The zero-order valence-electron chi connectivity index (χ0n) is 8.39. The van der Waals surface area contributed by atoms with E-state index in [2.05, 4.69) is 14.9 Å². The van der Waals surface area contributed by atoms with E-state index in [1.165, 1.54) is 23.4 Å². The molecule has 84 valence electrons. The predicted molar refractivity (Wildman–Crippen MR) is 54.5 cm³/mol. The second kappa shape index (κ2) is 4.99. The van der Waals surface area contributed by atoms with E-state index in [0.717, 1.165) is 0 Å². The summed E-state index contributed by atoms with van der Waals surface area (Å²) in [6.45, 7) is 0. The lowest BCUT2D eigenvalue weighted by Crippen LogP contribution is -2.34. The van der Waals surface area contributed by atoms with Crippen LogP contribution in [0.15, 0.2) is 9.95 Å². The Balaban J connectivity index is 2.54. The molecule has 1 heterocycles. The van der Waals surface area contributed by atoms with Crippen molar-refractivity contribution in [3.63, 3.8) is 0 Å². The molecule has 1 rings (SSSR count). The third kappa shape index (κ3) is 2.83. The number of carbonyl (C=O) groups is 1. The number of hydrogen-bond donors (Lipinski definition) is 2. The molecule has 0 amide bonds. The topological polar surface area (TPSA) is 103 Å². The standard InChI is InChI=1S/C7H12N4O3S/c1-11-6(13)9-10-7(11)15-3-4(8)5(12)14-2/h4H,3,8H2,1-2H3,(H,9,13). The Labute approximate surface area is 90.0 Å². The molecule has 0 radical (unpaired) electrons. The number of methoxy groups -OCH3 is 1. The molecule has 0 aliphatic heterocycles. The molecule has 0 bridgehead atoms. The molecule has 0 aromatic carbocycles. The maximum Gasteiger partial charge on any atom is 0.343 e. The number of esters is 1. The zero-order chi connectivity index (χ0) is 11.4. The first kappa shape index (κ1) is 11.8. The molecule has 0 fully saturated rings. The van der Waals surface area contributed by atoms with E-state index < -0.39 is 12.0 Å². The average molecular weight is 232 g/mol. The van der Waals surface area contributed by atoms with Crippen molar-refractivity contribution in [3.05, 3.63) is 10.5 Å². The molecule has 0 aliphatic rings. The van der Waals surface area contributed by atoms with Gasteiger partial charge in [-0.1, -0.05) is 11.8 Å². The molecule has 0 spiro atoms. The molecule has 0 saturated heterocycles. The number of ether oxygens (including phenoxy) is 1. The van der Waals surface area contributed by atoms with Crippen molar-refractivity contribution in [1.82, 2.24) is 14.8 Å². The molecular weight excluding hydrogens is 220 g/mol. The van der Waals surface area contributed by atoms with E-state index in [-0.39, 0.29) is 5.69 Å². The molecule has 1 aromatic heterocycles. The molecule has 8 heteroatoms. The first-order chi connectivity index (χ1) is 7.06. The number of thioether (sulfide) groups is 1. The van der Waals surface area contributed by atoms with Gasteiger partial charge in [0.1, 0.15) is 6.04 Å². The van der Waals surface area contributed by atoms with Gasteiger partial charge >= 0.3 is 11.7 Å². The van der Waals surface area contributed by atoms with Gasteiger partial charge in [0.05, 0.1) is 7.11 Å². The summed E-state index contributed by atoms with van der Waals surface area (Å²) in [7, 11) is 2.86. The van der Waals surface area contributed by atoms with E-state index >= 15 is 0 Å². The van der Waals surface area contributed by atoms with Gasteiger partial charge in [0, 0.05) is 12.8 Å². The Morgan fingerprint density at radius 3 is 2.93 bits per heavy atom. The summed E-state index contributed by atoms with van der Waals surface area (Å²) in [5.74, 6) is -0.173. The number of nitrogens with two attached hydrogens (primary N) is 1. The Morgan fingerprint density at radius 2 is 2.47 bits per heavy atom. The first-order valence-electron chi connectivity index (χ1n) is 4.14. The lowest BCUT2D eigenvalue weighted by Gasteiger charge is -2.07. The molecule has 0 aliphatic carbocycles. The number of H-pyrrole nitrogens is 1. The highest BCUT2D eigenvalue weighted by atomic mass is 32.2. The molecular formula is C7H12N4O3S. The average Bonchev–Trinajstić information content (AvgIpc) is 2.55. The summed E-state index contributed by atoms with van der Waals surface area (Å²) in [5.41, 5.74) is 5.21. The van der Waals surface area contributed by atoms with Gasteiger partial charge in [-0.3, -0.25) is 9.36 Å². The molecule has 3 N–H and O–H groups in total. The molecule has 15 heavy (non-hydrogen) atoms. The second-order valence-corrected chi connectivity index (χ2v) is 3.80. The zero-order valence-corrected chi connectivity index (χ0v) is 9.21. The number of carbonyl (C=O) groups excluding carboxylic acids is 1. The number of nitrogens with zero attached hydrogens (tertiary/aromatic N) is 2. The van der Waals surface area contributed by atoms with Gasteiger partial charge < -0.3 is 10.5 Å². The maximum atomic E-state index is 11.0. The smallest absolute Gasteiger partial charge is 0.343 e. The minimum atomic E-state index is -0.716. The minimum absolute atomic E-state index is 0.302. The lowest BCUT2D eigenvalue weighted by atomic mass is 10.4. The highest BCUT2D eigenvalue weighted by Gasteiger charge is 2.15. The van der Waals surface area contributed by atoms with Crippen molar-refractivity contribution in [2.75, 3.05) is 12.9 Å². The highest BCUT2D eigenvalue weighted by Crippen LogP contribution is 2.12. The molecule has 7 nitrogen and oxygen atoms in total. The van der Waals surface area contributed by atoms with Crippen LogP contribution >= 0.6 is 11.8 Å². The monoisotopic (exact) mass is 232 g/mol. The van der Waals surface area contributed by atoms with Crippen molar-refractivity contribution in [1.29, 1.82) is 0 Å². The number of aromatic amines is 1. The predicted octanol–water partition coefficient (Wildman–Crippen LogP) is -1.30. The van der Waals surface area contributed by atoms with E-state index in [1.807, 2.05) is 0 Å². The van der Waals surface area contributed by atoms with E-state index in [4.69, 9.17) is 5.73 Å². The summed E-state index contributed by atoms with van der Waals surface area (Å²) in [6.07, 6.45) is 0. The summed E-state index contributed by atoms with van der Waals surface area (Å²) in [4.78, 5) is 21.9. The fraction of sp³-hybridized carbons (Fsp3) is 0.571. The Morgan fingerprint density at radius 1 is 1.80 bits per heavy atom. The molecule has 0 saturated carbocycles. The SMILES string of the molecule is COC(=O)C(N)CSc1n[nH]c(=O)n1C. The van der Waals surface area contributed by atoms with Crippen LogP contribution in [0.1, 0.15) is 0 Å². The number of hydrogen-bond acceptors (Lipinski definition) is 6. The third-order valence-corrected chi connectivity index (χ3v) is 2.88. The Bertz CT molecular complexity index is 399. The van der Waals surface area contributed by atoms with Crippen LogP contribution in [0.2, 0.25) is 0 Å². The van der Waals surface area contributed by atoms with E-state index in [0.29, 0.717) is 10.9 Å². The summed E-state index contributed by atoms with van der Waals surface area (Å²) >= 11 is 1.21. The normalized spacial score (nSPS) is 12.5. The summed E-state index contributed by atoms with van der Waals surface area (Å²) in [5, 5.41) is 6.52. The van der Waals surface area contributed by atoms with Crippen LogP contribution in [-0.2, 0) is 16.6 Å². The van der Waals surface area contributed by atoms with Crippen molar-refractivity contribution < 1.29 is 9.53 Å². The van der Waals surface area contributed by atoms with Gasteiger partial charge in [-0.25, -0.2) is 9.89 Å². The van der Waals surface area contributed by atoms with Gasteiger partial charge in [0.25, 0.3) is 0 Å².